The molecule has 1 atom stereocenters. The summed E-state index contributed by atoms with van der Waals surface area (Å²) >= 11 is 0. The van der Waals surface area contributed by atoms with Gasteiger partial charge in [0, 0.05) is 12.9 Å². The van der Waals surface area contributed by atoms with Crippen LogP contribution in [0.3, 0.4) is 0 Å². The van der Waals surface area contributed by atoms with Crippen molar-refractivity contribution in [2.24, 2.45) is 5.92 Å². The Balaban J connectivity index is 0.00000256. The van der Waals surface area contributed by atoms with Crippen molar-refractivity contribution < 1.29 is 1.43 Å². The van der Waals surface area contributed by atoms with E-state index in [2.05, 4.69) is 105 Å². The van der Waals surface area contributed by atoms with Gasteiger partial charge in [0.15, 0.2) is 0 Å². The topological polar surface area (TPSA) is 0 Å². The largest absolute Gasteiger partial charge is 0.0987 e. The summed E-state index contributed by atoms with van der Waals surface area (Å²) in [5.41, 5.74) is 7.48. The number of hydrogen-bond acceptors (Lipinski definition) is 0. The van der Waals surface area contributed by atoms with Crippen LogP contribution < -0.4 is 0 Å². The summed E-state index contributed by atoms with van der Waals surface area (Å²) in [4.78, 5) is 0. The highest BCUT2D eigenvalue weighted by Gasteiger charge is 2.27. The van der Waals surface area contributed by atoms with Crippen LogP contribution in [-0.2, 0) is 6.42 Å². The van der Waals surface area contributed by atoms with Gasteiger partial charge in [0.05, 0.1) is 5.92 Å². The van der Waals surface area contributed by atoms with Gasteiger partial charge in [0.25, 0.3) is 0 Å². The molecule has 2 aliphatic rings. The molecule has 0 saturated heterocycles. The molecule has 1 unspecified atom stereocenters. The Kier molecular flexibility index (Phi) is 5.78. The van der Waals surface area contributed by atoms with Gasteiger partial charge in [-0.05, 0) is 48.6 Å². The normalized spacial score (nSPS) is 19.3. The van der Waals surface area contributed by atoms with E-state index in [0.29, 0.717) is 5.92 Å². The number of allylic oxidation sites excluding steroid dienone is 11. The van der Waals surface area contributed by atoms with Crippen LogP contribution in [0.2, 0.25) is 0 Å². The fourth-order valence-corrected chi connectivity index (χ4v) is 3.46. The monoisotopic (exact) mass is 374 g/mol. The zero-order chi connectivity index (χ0) is 20.1. The van der Waals surface area contributed by atoms with Crippen LogP contribution in [0.4, 0.5) is 0 Å². The highest BCUT2D eigenvalue weighted by molar-refractivity contribution is 5.73. The molecule has 0 aliphatic heterocycles. The van der Waals surface area contributed by atoms with Crippen molar-refractivity contribution in [3.05, 3.63) is 150 Å². The van der Waals surface area contributed by atoms with E-state index in [1.54, 1.807) is 0 Å². The molecule has 2 aromatic carbocycles. The van der Waals surface area contributed by atoms with Crippen molar-refractivity contribution in [1.82, 2.24) is 0 Å². The van der Waals surface area contributed by atoms with Crippen LogP contribution >= 0.6 is 0 Å². The third-order valence-electron chi connectivity index (χ3n) is 5.21. The SMILES string of the molecule is C=C\C(=C/C=C(C)/C=C(/c1c#cccc1)C1[CH]C=C1)[C]1C=C1Cc1ccccc1.[HH]. The summed E-state index contributed by atoms with van der Waals surface area (Å²) in [5.74, 6) is 1.67. The van der Waals surface area contributed by atoms with Gasteiger partial charge < -0.3 is 0 Å². The van der Waals surface area contributed by atoms with Crippen LogP contribution in [0.5, 0.6) is 0 Å². The predicted octanol–water partition coefficient (Wildman–Crippen LogP) is 7.12. The fraction of sp³-hybridized carbons (Fsp3) is 0.103. The first-order chi connectivity index (χ1) is 14.2. The minimum absolute atomic E-state index is 0. The van der Waals surface area contributed by atoms with Crippen LogP contribution in [0, 0.1) is 30.4 Å². The Labute approximate surface area is 176 Å². The van der Waals surface area contributed by atoms with Crippen molar-refractivity contribution in [3.63, 3.8) is 0 Å². The van der Waals surface area contributed by atoms with E-state index in [0.717, 1.165) is 12.0 Å². The number of benzene rings is 1. The molecular formula is C29H26. The lowest BCUT2D eigenvalue weighted by molar-refractivity contribution is 0.954. The molecule has 0 N–H and O–H groups in total. The lowest BCUT2D eigenvalue weighted by Crippen LogP contribution is -2.07. The second-order valence-electron chi connectivity index (χ2n) is 7.39. The Morgan fingerprint density at radius 3 is 2.62 bits per heavy atom. The van der Waals surface area contributed by atoms with Crippen molar-refractivity contribution in [2.45, 2.75) is 13.3 Å². The third kappa shape index (κ3) is 4.76. The average molecular weight is 375 g/mol. The molecule has 0 saturated carbocycles. The van der Waals surface area contributed by atoms with Crippen molar-refractivity contribution >= 4 is 5.57 Å². The van der Waals surface area contributed by atoms with Crippen LogP contribution in [0.1, 0.15) is 19.5 Å². The van der Waals surface area contributed by atoms with Gasteiger partial charge in [-0.1, -0.05) is 109 Å². The highest BCUT2D eigenvalue weighted by atomic mass is 14.3. The van der Waals surface area contributed by atoms with E-state index in [1.165, 1.54) is 33.8 Å². The Bertz CT molecular complexity index is 1020. The summed E-state index contributed by atoms with van der Waals surface area (Å²) in [5, 5.41) is 0. The number of hydrogen-bond donors (Lipinski definition) is 0. The van der Waals surface area contributed by atoms with Gasteiger partial charge in [-0.3, -0.25) is 0 Å². The molecule has 0 amide bonds. The zero-order valence-corrected chi connectivity index (χ0v) is 16.7. The van der Waals surface area contributed by atoms with Gasteiger partial charge in [-0.15, -0.1) is 0 Å². The predicted molar refractivity (Wildman–Crippen MR) is 125 cm³/mol. The van der Waals surface area contributed by atoms with E-state index in [4.69, 9.17) is 0 Å². The van der Waals surface area contributed by atoms with Crippen LogP contribution in [0.25, 0.3) is 5.57 Å². The van der Waals surface area contributed by atoms with E-state index >= 15 is 0 Å². The molecular weight excluding hydrogens is 348 g/mol. The summed E-state index contributed by atoms with van der Waals surface area (Å²) in [7, 11) is 0. The maximum Gasteiger partial charge on any atom is 0.0517 e. The Hall–Kier alpha value is -3.30. The molecule has 29 heavy (non-hydrogen) atoms. The second-order valence-corrected chi connectivity index (χ2v) is 7.39. The average Bonchev–Trinajstić information content (AvgIpc) is 3.47. The Morgan fingerprint density at radius 2 is 1.97 bits per heavy atom. The first-order valence-corrected chi connectivity index (χ1v) is 10.00. The molecule has 0 heterocycles. The maximum absolute atomic E-state index is 4.01. The summed E-state index contributed by atoms with van der Waals surface area (Å²) in [6.45, 7) is 6.15. The van der Waals surface area contributed by atoms with Gasteiger partial charge in [-0.2, -0.15) is 0 Å². The van der Waals surface area contributed by atoms with E-state index in [1.807, 2.05) is 18.2 Å². The molecule has 142 valence electrons. The molecule has 4 rings (SSSR count). The second kappa shape index (κ2) is 8.80. The van der Waals surface area contributed by atoms with Crippen molar-refractivity contribution in [2.75, 3.05) is 0 Å². The molecule has 2 aromatic rings. The lowest BCUT2D eigenvalue weighted by Gasteiger charge is -2.20. The molecule has 0 heteroatoms. The van der Waals surface area contributed by atoms with Crippen LogP contribution in [0.15, 0.2) is 114 Å². The molecule has 2 radical (unpaired) electrons. The summed E-state index contributed by atoms with van der Waals surface area (Å²) in [6.07, 6.45) is 18.3. The first kappa shape index (κ1) is 19.0. The first-order valence-electron chi connectivity index (χ1n) is 10.00. The minimum Gasteiger partial charge on any atom is -0.0987 e. The summed E-state index contributed by atoms with van der Waals surface area (Å²) < 4.78 is 0. The molecule has 0 spiro atoms. The van der Waals surface area contributed by atoms with Gasteiger partial charge >= 0.3 is 0 Å². The smallest absolute Gasteiger partial charge is 0.0517 e. The van der Waals surface area contributed by atoms with Gasteiger partial charge in [0.2, 0.25) is 0 Å². The van der Waals surface area contributed by atoms with Gasteiger partial charge in [0.1, 0.15) is 0 Å². The zero-order valence-electron chi connectivity index (χ0n) is 16.7. The van der Waals surface area contributed by atoms with Crippen molar-refractivity contribution in [3.8, 4) is 0 Å². The minimum atomic E-state index is 0. The molecule has 0 bridgehead atoms. The van der Waals surface area contributed by atoms with E-state index < -0.39 is 0 Å². The number of rotatable bonds is 8. The fourth-order valence-electron chi connectivity index (χ4n) is 3.46. The summed E-state index contributed by atoms with van der Waals surface area (Å²) in [6, 6.07) is 22.9. The molecule has 0 nitrogen and oxygen atoms in total. The Morgan fingerprint density at radius 1 is 1.14 bits per heavy atom. The third-order valence-corrected chi connectivity index (χ3v) is 5.21. The molecule has 0 aromatic heterocycles. The van der Waals surface area contributed by atoms with Crippen molar-refractivity contribution in [1.29, 1.82) is 0 Å². The molecule has 2 aliphatic carbocycles. The van der Waals surface area contributed by atoms with E-state index in [-0.39, 0.29) is 1.43 Å². The van der Waals surface area contributed by atoms with Gasteiger partial charge in [-0.25, -0.2) is 0 Å². The van der Waals surface area contributed by atoms with E-state index in [9.17, 15) is 0 Å². The lowest BCUT2D eigenvalue weighted by atomic mass is 9.83. The van der Waals surface area contributed by atoms with Crippen LogP contribution in [-0.4, -0.2) is 0 Å². The standard InChI is InChI=1S/C29H24.H2/c1-3-24(29-21-27(29)20-23-11-6-4-7-12-23)18-17-22(2)19-28(26-15-10-16-26)25-13-8-5-9-14-25;/h3-8,10-13,15-19,21,26H,1,20H2,2H3;1H/b22-17+,24-18+,28-19-;. The highest BCUT2D eigenvalue weighted by Crippen LogP contribution is 2.41. The maximum atomic E-state index is 4.01. The quantitative estimate of drug-likeness (QED) is 0.431. The molecule has 0 fully saturated rings.